The van der Waals surface area contributed by atoms with Gasteiger partial charge in [-0.05, 0) is 11.5 Å². The number of hydrogen-bond donors (Lipinski definition) is 0. The summed E-state index contributed by atoms with van der Waals surface area (Å²) in [6.45, 7) is 2.49. The Kier molecular flexibility index (Phi) is 2.26. The lowest BCUT2D eigenvalue weighted by Crippen LogP contribution is -2.13. The summed E-state index contributed by atoms with van der Waals surface area (Å²) in [5, 5.41) is 0. The Labute approximate surface area is 51.3 Å². The second-order valence-electron chi connectivity index (χ2n) is 2.29. The normalized spacial score (nSPS) is 25.3. The Morgan fingerprint density at radius 3 is 2.14 bits per heavy atom. The van der Waals surface area contributed by atoms with Crippen molar-refractivity contribution in [3.63, 3.8) is 0 Å². The predicted octanol–water partition coefficient (Wildman–Crippen LogP) is 1.59. The van der Waals surface area contributed by atoms with Gasteiger partial charge in [0.05, 0.1) is 0 Å². The van der Waals surface area contributed by atoms with E-state index in [2.05, 4.69) is 18.3 Å². The van der Waals surface area contributed by atoms with Crippen LogP contribution in [0.1, 0.15) is 0 Å². The van der Waals surface area contributed by atoms with Gasteiger partial charge < -0.3 is 0 Å². The van der Waals surface area contributed by atoms with Crippen molar-refractivity contribution in [2.24, 2.45) is 0 Å². The highest BCUT2D eigenvalue weighted by Crippen LogP contribution is 2.16. The van der Waals surface area contributed by atoms with Crippen LogP contribution in [0.25, 0.3) is 0 Å². The maximum absolute atomic E-state index is 2.49. The van der Waals surface area contributed by atoms with Gasteiger partial charge >= 0.3 is 0 Å². The molecule has 0 N–H and O–H groups in total. The molecular formula is C5H12SSi. The summed E-state index contributed by atoms with van der Waals surface area (Å²) in [6.07, 6.45) is 0. The van der Waals surface area contributed by atoms with Crippen molar-refractivity contribution in [3.8, 4) is 0 Å². The predicted molar refractivity (Wildman–Crippen MR) is 40.0 cm³/mol. The van der Waals surface area contributed by atoms with Gasteiger partial charge in [0.15, 0.2) is 0 Å². The third kappa shape index (κ3) is 1.87. The molecule has 0 aliphatic carbocycles. The maximum atomic E-state index is 2.49. The van der Waals surface area contributed by atoms with Crippen molar-refractivity contribution in [2.45, 2.75) is 18.6 Å². The van der Waals surface area contributed by atoms with Crippen LogP contribution in [0.3, 0.4) is 0 Å². The number of rotatable bonds is 0. The quantitative estimate of drug-likeness (QED) is 0.451. The highest BCUT2D eigenvalue weighted by Gasteiger charge is 2.07. The van der Waals surface area contributed by atoms with Gasteiger partial charge in [0.1, 0.15) is 0 Å². The van der Waals surface area contributed by atoms with Crippen molar-refractivity contribution >= 4 is 20.6 Å². The summed E-state index contributed by atoms with van der Waals surface area (Å²) in [5.74, 6) is 2.93. The van der Waals surface area contributed by atoms with Crippen LogP contribution in [0, 0.1) is 0 Å². The van der Waals surface area contributed by atoms with Gasteiger partial charge in [-0.15, -0.1) is 0 Å². The molecule has 1 aliphatic rings. The fourth-order valence-corrected chi connectivity index (χ4v) is 5.86. The molecule has 1 saturated heterocycles. The fraction of sp³-hybridized carbons (Fsp3) is 1.00. The lowest BCUT2D eigenvalue weighted by atomic mass is 10.9. The summed E-state index contributed by atoms with van der Waals surface area (Å²) < 4.78 is 0. The third-order valence-corrected chi connectivity index (χ3v) is 5.94. The second-order valence-corrected chi connectivity index (χ2v) is 6.88. The topological polar surface area (TPSA) is 0 Å². The molecule has 1 rings (SSSR count). The zero-order valence-corrected chi connectivity index (χ0v) is 6.79. The van der Waals surface area contributed by atoms with Crippen molar-refractivity contribution < 1.29 is 0 Å². The van der Waals surface area contributed by atoms with Gasteiger partial charge in [0.25, 0.3) is 0 Å². The van der Waals surface area contributed by atoms with E-state index < -0.39 is 0 Å². The van der Waals surface area contributed by atoms with E-state index in [0.717, 1.165) is 0 Å². The Hall–Kier alpha value is 0.567. The van der Waals surface area contributed by atoms with Gasteiger partial charge in [0, 0.05) is 8.80 Å². The van der Waals surface area contributed by atoms with Gasteiger partial charge in [-0.1, -0.05) is 18.6 Å². The molecule has 1 fully saturated rings. The average Bonchev–Trinajstić information content (AvgIpc) is 1.69. The first-order valence-corrected chi connectivity index (χ1v) is 6.91. The summed E-state index contributed by atoms with van der Waals surface area (Å²) in [7, 11) is -0.115. The minimum Gasteiger partial charge on any atom is -0.163 e. The van der Waals surface area contributed by atoms with E-state index in [4.69, 9.17) is 0 Å². The zero-order chi connectivity index (χ0) is 5.11. The molecule has 2 heteroatoms. The van der Waals surface area contributed by atoms with Gasteiger partial charge in [-0.25, -0.2) is 0 Å². The molecule has 0 unspecified atom stereocenters. The molecule has 0 saturated carbocycles. The van der Waals surface area contributed by atoms with Gasteiger partial charge in [-0.3, -0.25) is 0 Å². The Morgan fingerprint density at radius 1 is 1.29 bits per heavy atom. The van der Waals surface area contributed by atoms with Crippen molar-refractivity contribution in [2.75, 3.05) is 11.5 Å². The van der Waals surface area contributed by atoms with Crippen molar-refractivity contribution in [1.82, 2.24) is 0 Å². The summed E-state index contributed by atoms with van der Waals surface area (Å²) >= 11 is 2.13. The lowest BCUT2D eigenvalue weighted by Gasteiger charge is -2.13. The van der Waals surface area contributed by atoms with E-state index in [0.29, 0.717) is 0 Å². The van der Waals surface area contributed by atoms with Gasteiger partial charge in [0.2, 0.25) is 0 Å². The molecule has 7 heavy (non-hydrogen) atoms. The van der Waals surface area contributed by atoms with E-state index in [1.54, 1.807) is 12.1 Å². The first kappa shape index (κ1) is 5.70. The van der Waals surface area contributed by atoms with Gasteiger partial charge in [-0.2, -0.15) is 11.8 Å². The smallest absolute Gasteiger partial charge is 0.0352 e. The highest BCUT2D eigenvalue weighted by molar-refractivity contribution is 7.99. The molecule has 0 aromatic carbocycles. The Morgan fingerprint density at radius 2 is 1.86 bits per heavy atom. The summed E-state index contributed by atoms with van der Waals surface area (Å²) in [4.78, 5) is 0. The molecule has 0 bridgehead atoms. The number of thioether (sulfide) groups is 1. The Balaban J connectivity index is 2.12. The molecule has 0 radical (unpaired) electrons. The van der Waals surface area contributed by atoms with Crippen LogP contribution >= 0.6 is 11.8 Å². The summed E-state index contributed by atoms with van der Waals surface area (Å²) in [6, 6.07) is 3.18. The minimum absolute atomic E-state index is 0.115. The second kappa shape index (κ2) is 2.77. The SMILES string of the molecule is C[SiH]1CCSCC1. The van der Waals surface area contributed by atoms with Crippen LogP contribution in [0.2, 0.25) is 18.6 Å². The molecule has 0 aromatic heterocycles. The molecule has 1 aliphatic heterocycles. The van der Waals surface area contributed by atoms with Crippen LogP contribution in [-0.2, 0) is 0 Å². The highest BCUT2D eigenvalue weighted by atomic mass is 32.2. The van der Waals surface area contributed by atoms with Crippen LogP contribution in [0.4, 0.5) is 0 Å². The first-order chi connectivity index (χ1) is 3.39. The largest absolute Gasteiger partial charge is 0.163 e. The first-order valence-electron chi connectivity index (χ1n) is 2.97. The minimum atomic E-state index is -0.115. The molecule has 0 amide bonds. The number of hydrogen-bond acceptors (Lipinski definition) is 1. The van der Waals surface area contributed by atoms with E-state index in [1.165, 1.54) is 11.5 Å². The molecule has 0 atom stereocenters. The van der Waals surface area contributed by atoms with E-state index in [1.807, 2.05) is 0 Å². The monoisotopic (exact) mass is 132 g/mol. The van der Waals surface area contributed by atoms with E-state index in [9.17, 15) is 0 Å². The summed E-state index contributed by atoms with van der Waals surface area (Å²) in [5.41, 5.74) is 0. The van der Waals surface area contributed by atoms with Crippen LogP contribution < -0.4 is 0 Å². The molecule has 42 valence electrons. The van der Waals surface area contributed by atoms with Crippen LogP contribution in [0.15, 0.2) is 0 Å². The zero-order valence-electron chi connectivity index (χ0n) is 4.81. The van der Waals surface area contributed by atoms with E-state index >= 15 is 0 Å². The molecule has 0 spiro atoms. The van der Waals surface area contributed by atoms with Crippen LogP contribution in [-0.4, -0.2) is 20.3 Å². The lowest BCUT2D eigenvalue weighted by molar-refractivity contribution is 1.29. The third-order valence-electron chi connectivity index (χ3n) is 1.51. The molecule has 1 heterocycles. The fourth-order valence-electron chi connectivity index (χ4n) is 0.815. The molecular weight excluding hydrogens is 120 g/mol. The average molecular weight is 132 g/mol. The maximum Gasteiger partial charge on any atom is 0.0352 e. The molecule has 0 aromatic rings. The van der Waals surface area contributed by atoms with Crippen LogP contribution in [0.5, 0.6) is 0 Å². The van der Waals surface area contributed by atoms with E-state index in [-0.39, 0.29) is 8.80 Å². The molecule has 0 nitrogen and oxygen atoms in total. The van der Waals surface area contributed by atoms with Crippen molar-refractivity contribution in [3.05, 3.63) is 0 Å². The Bertz CT molecular complexity index is 50.0. The standard InChI is InChI=1S/C5H12SSi/c1-7-4-2-6-3-5-7/h7H,2-5H2,1H3. The van der Waals surface area contributed by atoms with Crippen molar-refractivity contribution in [1.29, 1.82) is 0 Å².